The van der Waals surface area contributed by atoms with Crippen LogP contribution in [0.5, 0.6) is 0 Å². The molecule has 1 saturated carbocycles. The molecular weight excluding hydrogens is 260 g/mol. The van der Waals surface area contributed by atoms with Crippen molar-refractivity contribution in [2.45, 2.75) is 39.2 Å². The maximum atomic E-state index is 12.0. The summed E-state index contributed by atoms with van der Waals surface area (Å²) in [5, 5.41) is 6.53. The van der Waals surface area contributed by atoms with Crippen molar-refractivity contribution in [2.75, 3.05) is 5.32 Å². The van der Waals surface area contributed by atoms with E-state index in [1.54, 1.807) is 12.1 Å². The molecule has 1 aliphatic carbocycles. The van der Waals surface area contributed by atoms with Crippen molar-refractivity contribution in [3.8, 4) is 0 Å². The van der Waals surface area contributed by atoms with Crippen LogP contribution in [0.25, 0.3) is 0 Å². The maximum absolute atomic E-state index is 12.0. The summed E-state index contributed by atoms with van der Waals surface area (Å²) in [6, 6.07) is 7.31. The number of carbonyl (C=O) groups is 1. The third kappa shape index (κ3) is 3.87. The van der Waals surface area contributed by atoms with Crippen LogP contribution in [0.1, 0.15) is 33.1 Å². The van der Waals surface area contributed by atoms with Crippen molar-refractivity contribution in [1.82, 2.24) is 5.32 Å². The van der Waals surface area contributed by atoms with Gasteiger partial charge in [0.15, 0.2) is 0 Å². The fourth-order valence-corrected chi connectivity index (χ4v) is 2.88. The Hall–Kier alpha value is -1.22. The van der Waals surface area contributed by atoms with Crippen LogP contribution in [0.3, 0.4) is 0 Å². The standard InChI is InChI=1S/C15H21ClN2O/c1-10-5-3-8-14(11(10)2)18-15(19)17-13-7-4-6-12(16)9-13/h4,6-7,9-11,14H,3,5,8H2,1-2H3,(H2,17,18,19)/t10-,11+,14+/m1/s1. The second-order valence-electron chi connectivity index (χ2n) is 5.48. The van der Waals surface area contributed by atoms with E-state index in [0.29, 0.717) is 16.9 Å². The van der Waals surface area contributed by atoms with Gasteiger partial charge in [-0.1, -0.05) is 44.4 Å². The Kier molecular flexibility index (Phi) is 4.70. The fourth-order valence-electron chi connectivity index (χ4n) is 2.69. The molecule has 0 unspecified atom stereocenters. The molecule has 1 aromatic carbocycles. The Morgan fingerprint density at radius 3 is 2.84 bits per heavy atom. The molecule has 19 heavy (non-hydrogen) atoms. The van der Waals surface area contributed by atoms with Crippen LogP contribution in [0.2, 0.25) is 5.02 Å². The van der Waals surface area contributed by atoms with Crippen LogP contribution >= 0.6 is 11.6 Å². The van der Waals surface area contributed by atoms with E-state index in [2.05, 4.69) is 24.5 Å². The number of anilines is 1. The zero-order valence-electron chi connectivity index (χ0n) is 11.4. The molecule has 1 fully saturated rings. The highest BCUT2D eigenvalue weighted by Crippen LogP contribution is 2.29. The van der Waals surface area contributed by atoms with Crippen LogP contribution < -0.4 is 10.6 Å². The number of amides is 2. The Morgan fingerprint density at radius 2 is 2.11 bits per heavy atom. The van der Waals surface area contributed by atoms with Crippen LogP contribution in [0, 0.1) is 11.8 Å². The average molecular weight is 281 g/mol. The lowest BCUT2D eigenvalue weighted by Crippen LogP contribution is -2.45. The molecule has 0 spiro atoms. The molecular formula is C15H21ClN2O. The van der Waals surface area contributed by atoms with Gasteiger partial charge in [0.1, 0.15) is 0 Å². The second-order valence-corrected chi connectivity index (χ2v) is 5.92. The predicted octanol–water partition coefficient (Wildman–Crippen LogP) is 4.29. The van der Waals surface area contributed by atoms with Gasteiger partial charge in [-0.3, -0.25) is 0 Å². The summed E-state index contributed by atoms with van der Waals surface area (Å²) < 4.78 is 0. The molecule has 2 rings (SSSR count). The first kappa shape index (κ1) is 14.2. The van der Waals surface area contributed by atoms with Gasteiger partial charge in [0.05, 0.1) is 0 Å². The number of hydrogen-bond acceptors (Lipinski definition) is 1. The first-order valence-electron chi connectivity index (χ1n) is 6.89. The largest absolute Gasteiger partial charge is 0.335 e. The average Bonchev–Trinajstić information content (AvgIpc) is 2.35. The Labute approximate surface area is 119 Å². The summed E-state index contributed by atoms with van der Waals surface area (Å²) in [5.41, 5.74) is 0.724. The van der Waals surface area contributed by atoms with Gasteiger partial charge in [-0.2, -0.15) is 0 Å². The molecule has 104 valence electrons. The zero-order chi connectivity index (χ0) is 13.8. The molecule has 3 atom stereocenters. The number of nitrogens with one attached hydrogen (secondary N) is 2. The Bertz CT molecular complexity index is 450. The highest BCUT2D eigenvalue weighted by molar-refractivity contribution is 6.30. The lowest BCUT2D eigenvalue weighted by molar-refractivity contribution is 0.201. The van der Waals surface area contributed by atoms with E-state index in [-0.39, 0.29) is 12.1 Å². The monoisotopic (exact) mass is 280 g/mol. The van der Waals surface area contributed by atoms with E-state index in [9.17, 15) is 4.79 Å². The van der Waals surface area contributed by atoms with Crippen LogP contribution in [0.4, 0.5) is 10.5 Å². The zero-order valence-corrected chi connectivity index (χ0v) is 12.2. The molecule has 2 amide bonds. The van der Waals surface area contributed by atoms with Gasteiger partial charge < -0.3 is 10.6 Å². The first-order valence-corrected chi connectivity index (χ1v) is 7.27. The Morgan fingerprint density at radius 1 is 1.32 bits per heavy atom. The first-order chi connectivity index (χ1) is 9.06. The smallest absolute Gasteiger partial charge is 0.319 e. The van der Waals surface area contributed by atoms with Gasteiger partial charge in [-0.25, -0.2) is 4.79 Å². The summed E-state index contributed by atoms with van der Waals surface area (Å²) >= 11 is 5.89. The molecule has 0 bridgehead atoms. The number of hydrogen-bond donors (Lipinski definition) is 2. The van der Waals surface area contributed by atoms with Crippen molar-refractivity contribution in [3.05, 3.63) is 29.3 Å². The number of halogens is 1. The van der Waals surface area contributed by atoms with E-state index in [0.717, 1.165) is 12.1 Å². The van der Waals surface area contributed by atoms with Gasteiger partial charge >= 0.3 is 6.03 Å². The third-order valence-corrected chi connectivity index (χ3v) is 4.34. The minimum absolute atomic E-state index is 0.145. The minimum atomic E-state index is -0.145. The normalized spacial score (nSPS) is 26.8. The molecule has 0 radical (unpaired) electrons. The quantitative estimate of drug-likeness (QED) is 0.834. The highest BCUT2D eigenvalue weighted by Gasteiger charge is 2.28. The van der Waals surface area contributed by atoms with E-state index in [4.69, 9.17) is 11.6 Å². The SMILES string of the molecule is C[C@H]1[C@H](C)CCC[C@@H]1NC(=O)Nc1cccc(Cl)c1. The van der Waals surface area contributed by atoms with Gasteiger partial charge in [-0.15, -0.1) is 0 Å². The lowest BCUT2D eigenvalue weighted by atomic mass is 9.78. The molecule has 0 aromatic heterocycles. The second kappa shape index (κ2) is 6.29. The molecule has 1 aromatic rings. The number of urea groups is 1. The number of rotatable bonds is 2. The van der Waals surface area contributed by atoms with E-state index >= 15 is 0 Å². The summed E-state index contributed by atoms with van der Waals surface area (Å²) in [6.45, 7) is 4.47. The molecule has 0 aliphatic heterocycles. The lowest BCUT2D eigenvalue weighted by Gasteiger charge is -2.34. The summed E-state index contributed by atoms with van der Waals surface area (Å²) in [7, 11) is 0. The van der Waals surface area contributed by atoms with Crippen molar-refractivity contribution >= 4 is 23.3 Å². The van der Waals surface area contributed by atoms with Gasteiger partial charge in [-0.05, 0) is 36.5 Å². The van der Waals surface area contributed by atoms with Gasteiger partial charge in [0.2, 0.25) is 0 Å². The summed E-state index contributed by atoms with van der Waals surface area (Å²) in [4.78, 5) is 12.0. The predicted molar refractivity (Wildman–Crippen MR) is 79.6 cm³/mol. The topological polar surface area (TPSA) is 41.1 Å². The van der Waals surface area contributed by atoms with Crippen molar-refractivity contribution in [3.63, 3.8) is 0 Å². The molecule has 4 heteroatoms. The van der Waals surface area contributed by atoms with Crippen molar-refractivity contribution in [1.29, 1.82) is 0 Å². The molecule has 3 nitrogen and oxygen atoms in total. The van der Waals surface area contributed by atoms with Gasteiger partial charge in [0, 0.05) is 16.8 Å². The molecule has 1 aliphatic rings. The summed E-state index contributed by atoms with van der Waals surface area (Å²) in [5.74, 6) is 1.20. The van der Waals surface area contributed by atoms with E-state index in [1.807, 2.05) is 12.1 Å². The van der Waals surface area contributed by atoms with Crippen molar-refractivity contribution < 1.29 is 4.79 Å². The Balaban J connectivity index is 1.90. The van der Waals surface area contributed by atoms with Crippen LogP contribution in [-0.2, 0) is 0 Å². The highest BCUT2D eigenvalue weighted by atomic mass is 35.5. The fraction of sp³-hybridized carbons (Fsp3) is 0.533. The van der Waals surface area contributed by atoms with E-state index in [1.165, 1.54) is 12.8 Å². The molecule has 0 heterocycles. The van der Waals surface area contributed by atoms with E-state index < -0.39 is 0 Å². The number of benzene rings is 1. The summed E-state index contributed by atoms with van der Waals surface area (Å²) in [6.07, 6.45) is 3.51. The van der Waals surface area contributed by atoms with Crippen LogP contribution in [0.15, 0.2) is 24.3 Å². The minimum Gasteiger partial charge on any atom is -0.335 e. The number of carbonyl (C=O) groups excluding carboxylic acids is 1. The maximum Gasteiger partial charge on any atom is 0.319 e. The third-order valence-electron chi connectivity index (χ3n) is 4.11. The van der Waals surface area contributed by atoms with Gasteiger partial charge in [0.25, 0.3) is 0 Å². The van der Waals surface area contributed by atoms with Crippen LogP contribution in [-0.4, -0.2) is 12.1 Å². The molecule has 0 saturated heterocycles. The molecule has 2 N–H and O–H groups in total. The van der Waals surface area contributed by atoms with Crippen molar-refractivity contribution in [2.24, 2.45) is 11.8 Å².